The lowest BCUT2D eigenvalue weighted by atomic mass is 10.0. The highest BCUT2D eigenvalue weighted by Crippen LogP contribution is 2.18. The van der Waals surface area contributed by atoms with Crippen LogP contribution in [0.15, 0.2) is 22.7 Å². The molecule has 3 nitrogen and oxygen atoms in total. The Balaban J connectivity index is 2.67. The number of carbonyl (C=O) groups is 1. The average Bonchev–Trinajstić information content (AvgIpc) is 2.34. The predicted octanol–water partition coefficient (Wildman–Crippen LogP) is 3.43. The van der Waals surface area contributed by atoms with E-state index >= 15 is 0 Å². The topological polar surface area (TPSA) is 38.3 Å². The highest BCUT2D eigenvalue weighted by molar-refractivity contribution is 9.10. The fraction of sp³-hybridized carbons (Fsp3) is 0.533. The maximum atomic E-state index is 11.7. The summed E-state index contributed by atoms with van der Waals surface area (Å²) in [7, 11) is 1.43. The minimum absolute atomic E-state index is 0.197. The molecular formula is C15H22BrNO2. The number of nitrogens with one attached hydrogen (secondary N) is 1. The lowest BCUT2D eigenvalue weighted by Gasteiger charge is -2.18. The maximum absolute atomic E-state index is 11.7. The Labute approximate surface area is 123 Å². The van der Waals surface area contributed by atoms with Gasteiger partial charge in [-0.2, -0.15) is 0 Å². The molecule has 0 aliphatic carbocycles. The smallest absolute Gasteiger partial charge is 0.322 e. The van der Waals surface area contributed by atoms with Crippen molar-refractivity contribution in [3.63, 3.8) is 0 Å². The Morgan fingerprint density at radius 1 is 1.42 bits per heavy atom. The van der Waals surface area contributed by atoms with E-state index < -0.39 is 0 Å². The first kappa shape index (κ1) is 16.2. The molecular weight excluding hydrogens is 306 g/mol. The van der Waals surface area contributed by atoms with Crippen molar-refractivity contribution in [1.82, 2.24) is 5.32 Å². The molecule has 0 spiro atoms. The molecule has 19 heavy (non-hydrogen) atoms. The summed E-state index contributed by atoms with van der Waals surface area (Å²) in [4.78, 5) is 11.7. The van der Waals surface area contributed by atoms with Crippen LogP contribution in [0, 0.1) is 12.8 Å². The summed E-state index contributed by atoms with van der Waals surface area (Å²) in [5.74, 6) is 0.245. The number of benzene rings is 1. The number of rotatable bonds is 6. The molecule has 0 aromatic heterocycles. The molecule has 0 fully saturated rings. The zero-order chi connectivity index (χ0) is 14.4. The Bertz CT molecular complexity index is 432. The van der Waals surface area contributed by atoms with Crippen LogP contribution in [0.1, 0.15) is 31.4 Å². The van der Waals surface area contributed by atoms with Crippen LogP contribution in [0.3, 0.4) is 0 Å². The molecule has 0 amide bonds. The van der Waals surface area contributed by atoms with Gasteiger partial charge in [0.05, 0.1) is 7.11 Å². The van der Waals surface area contributed by atoms with Crippen molar-refractivity contribution in [3.8, 4) is 0 Å². The van der Waals surface area contributed by atoms with Crippen LogP contribution in [0.4, 0.5) is 0 Å². The van der Waals surface area contributed by atoms with Crippen LogP contribution in [-0.2, 0) is 16.1 Å². The van der Waals surface area contributed by atoms with Gasteiger partial charge in [0.15, 0.2) is 0 Å². The van der Waals surface area contributed by atoms with Crippen LogP contribution < -0.4 is 5.32 Å². The summed E-state index contributed by atoms with van der Waals surface area (Å²) in [5, 5.41) is 3.27. The van der Waals surface area contributed by atoms with E-state index in [0.29, 0.717) is 12.5 Å². The lowest BCUT2D eigenvalue weighted by Crippen LogP contribution is -2.38. The van der Waals surface area contributed by atoms with Gasteiger partial charge in [-0.25, -0.2) is 0 Å². The highest BCUT2D eigenvalue weighted by Gasteiger charge is 2.19. The number of aryl methyl sites for hydroxylation is 1. The van der Waals surface area contributed by atoms with Gasteiger partial charge < -0.3 is 10.1 Å². The third-order valence-corrected chi connectivity index (χ3v) is 3.68. The van der Waals surface area contributed by atoms with Crippen molar-refractivity contribution in [1.29, 1.82) is 0 Å². The lowest BCUT2D eigenvalue weighted by molar-refractivity contribution is -0.143. The molecule has 0 bridgehead atoms. The highest BCUT2D eigenvalue weighted by atomic mass is 79.9. The van der Waals surface area contributed by atoms with Gasteiger partial charge >= 0.3 is 5.97 Å². The maximum Gasteiger partial charge on any atom is 0.322 e. The molecule has 0 aliphatic rings. The summed E-state index contributed by atoms with van der Waals surface area (Å²) < 4.78 is 5.90. The summed E-state index contributed by atoms with van der Waals surface area (Å²) in [6.07, 6.45) is 0.774. The first-order chi connectivity index (χ1) is 8.93. The van der Waals surface area contributed by atoms with Crippen LogP contribution in [0.5, 0.6) is 0 Å². The molecule has 1 unspecified atom stereocenters. The third kappa shape index (κ3) is 5.33. The quantitative estimate of drug-likeness (QED) is 0.813. The van der Waals surface area contributed by atoms with Crippen LogP contribution >= 0.6 is 15.9 Å². The molecule has 4 heteroatoms. The normalized spacial score (nSPS) is 12.5. The average molecular weight is 328 g/mol. The molecule has 1 aromatic carbocycles. The van der Waals surface area contributed by atoms with E-state index in [2.05, 4.69) is 60.2 Å². The zero-order valence-corrected chi connectivity index (χ0v) is 13.6. The van der Waals surface area contributed by atoms with Gasteiger partial charge in [0.25, 0.3) is 0 Å². The number of halogens is 1. The Kier molecular flexibility index (Phi) is 6.52. The van der Waals surface area contributed by atoms with Gasteiger partial charge in [-0.15, -0.1) is 0 Å². The summed E-state index contributed by atoms with van der Waals surface area (Å²) in [6.45, 7) is 6.89. The van der Waals surface area contributed by atoms with E-state index in [-0.39, 0.29) is 12.0 Å². The first-order valence-electron chi connectivity index (χ1n) is 6.50. The third-order valence-electron chi connectivity index (χ3n) is 2.94. The fourth-order valence-electron chi connectivity index (χ4n) is 1.91. The van der Waals surface area contributed by atoms with E-state index in [9.17, 15) is 4.79 Å². The van der Waals surface area contributed by atoms with Gasteiger partial charge in [-0.05, 0) is 36.5 Å². The summed E-state index contributed by atoms with van der Waals surface area (Å²) in [6, 6.07) is 5.96. The first-order valence-corrected chi connectivity index (χ1v) is 7.29. The number of carbonyl (C=O) groups excluding carboxylic acids is 1. The number of ether oxygens (including phenoxy) is 1. The van der Waals surface area contributed by atoms with E-state index in [0.717, 1.165) is 16.5 Å². The van der Waals surface area contributed by atoms with Crippen molar-refractivity contribution in [2.45, 2.75) is 39.8 Å². The molecule has 0 radical (unpaired) electrons. The van der Waals surface area contributed by atoms with Crippen molar-refractivity contribution >= 4 is 21.9 Å². The standard InChI is InChI=1S/C15H22BrNO2/c1-10(2)7-14(15(18)19-4)17-9-12-6-5-11(3)8-13(12)16/h5-6,8,10,14,17H,7,9H2,1-4H3. The second-order valence-corrected chi connectivity index (χ2v) is 6.04. The monoisotopic (exact) mass is 327 g/mol. The number of methoxy groups -OCH3 is 1. The summed E-state index contributed by atoms with van der Waals surface area (Å²) in [5.41, 5.74) is 2.35. The van der Waals surface area contributed by atoms with Crippen molar-refractivity contribution < 1.29 is 9.53 Å². The van der Waals surface area contributed by atoms with Gasteiger partial charge in [-0.3, -0.25) is 4.79 Å². The Morgan fingerprint density at radius 2 is 2.11 bits per heavy atom. The zero-order valence-electron chi connectivity index (χ0n) is 12.0. The Hall–Kier alpha value is -0.870. The van der Waals surface area contributed by atoms with E-state index in [1.54, 1.807) is 0 Å². The molecule has 1 rings (SSSR count). The van der Waals surface area contributed by atoms with E-state index in [1.807, 2.05) is 0 Å². The second-order valence-electron chi connectivity index (χ2n) is 5.18. The van der Waals surface area contributed by atoms with Crippen molar-refractivity contribution in [3.05, 3.63) is 33.8 Å². The number of hydrogen-bond donors (Lipinski definition) is 1. The SMILES string of the molecule is COC(=O)C(CC(C)C)NCc1ccc(C)cc1Br. The van der Waals surface area contributed by atoms with Gasteiger partial charge in [0, 0.05) is 11.0 Å². The summed E-state index contributed by atoms with van der Waals surface area (Å²) >= 11 is 3.55. The predicted molar refractivity (Wildman–Crippen MR) is 81.0 cm³/mol. The van der Waals surface area contributed by atoms with Crippen molar-refractivity contribution in [2.75, 3.05) is 7.11 Å². The molecule has 0 saturated carbocycles. The number of esters is 1. The number of hydrogen-bond acceptors (Lipinski definition) is 3. The molecule has 0 saturated heterocycles. The molecule has 1 atom stereocenters. The second kappa shape index (κ2) is 7.65. The molecule has 1 N–H and O–H groups in total. The largest absolute Gasteiger partial charge is 0.468 e. The van der Waals surface area contributed by atoms with E-state index in [4.69, 9.17) is 4.74 Å². The van der Waals surface area contributed by atoms with Gasteiger partial charge in [0.2, 0.25) is 0 Å². The van der Waals surface area contributed by atoms with Crippen LogP contribution in [-0.4, -0.2) is 19.1 Å². The Morgan fingerprint density at radius 3 is 2.63 bits per heavy atom. The van der Waals surface area contributed by atoms with E-state index in [1.165, 1.54) is 12.7 Å². The van der Waals surface area contributed by atoms with Crippen molar-refractivity contribution in [2.24, 2.45) is 5.92 Å². The minimum Gasteiger partial charge on any atom is -0.468 e. The molecule has 0 heterocycles. The fourth-order valence-corrected chi connectivity index (χ4v) is 2.54. The van der Waals surface area contributed by atoms with Crippen LogP contribution in [0.2, 0.25) is 0 Å². The van der Waals surface area contributed by atoms with Crippen LogP contribution in [0.25, 0.3) is 0 Å². The minimum atomic E-state index is -0.252. The molecule has 0 aliphatic heterocycles. The molecule has 106 valence electrons. The van der Waals surface area contributed by atoms with Gasteiger partial charge in [0.1, 0.15) is 6.04 Å². The molecule has 1 aromatic rings. The van der Waals surface area contributed by atoms with Gasteiger partial charge in [-0.1, -0.05) is 41.9 Å².